The molecule has 3 rings (SSSR count). The Labute approximate surface area is 152 Å². The van der Waals surface area contributed by atoms with Gasteiger partial charge in [-0.3, -0.25) is 9.59 Å². The molecule has 0 bridgehead atoms. The quantitative estimate of drug-likeness (QED) is 0.912. The summed E-state index contributed by atoms with van der Waals surface area (Å²) in [7, 11) is 0. The van der Waals surface area contributed by atoms with Crippen LogP contribution in [0.25, 0.3) is 11.1 Å². The maximum absolute atomic E-state index is 12.7. The standard InChI is InChI=1S/C20H21ClN2O2/c1-13-11-16(8-9-18(13)21)14-4-6-15(7-5-14)20(25)23-10-2-3-17(12-23)19(22)24/h4-9,11,17H,2-3,10,12H2,1H3,(H2,22,24)/t17-/m0/s1. The number of hydrogen-bond donors (Lipinski definition) is 1. The number of carbonyl (C=O) groups excluding carboxylic acids is 2. The molecule has 0 saturated carbocycles. The van der Waals surface area contributed by atoms with Crippen molar-refractivity contribution in [3.8, 4) is 11.1 Å². The van der Waals surface area contributed by atoms with Crippen LogP contribution in [-0.2, 0) is 4.79 Å². The molecule has 2 amide bonds. The summed E-state index contributed by atoms with van der Waals surface area (Å²) in [5.74, 6) is -0.621. The Morgan fingerprint density at radius 1 is 1.12 bits per heavy atom. The van der Waals surface area contributed by atoms with E-state index in [1.807, 2.05) is 49.4 Å². The lowest BCUT2D eigenvalue weighted by Crippen LogP contribution is -2.44. The number of nitrogens with zero attached hydrogens (tertiary/aromatic N) is 1. The minimum Gasteiger partial charge on any atom is -0.369 e. The van der Waals surface area contributed by atoms with Gasteiger partial charge in [-0.1, -0.05) is 29.8 Å². The molecule has 0 unspecified atom stereocenters. The highest BCUT2D eigenvalue weighted by Gasteiger charge is 2.27. The third-order valence-corrected chi connectivity index (χ3v) is 5.16. The summed E-state index contributed by atoms with van der Waals surface area (Å²) in [6.07, 6.45) is 1.56. The van der Waals surface area contributed by atoms with Crippen LogP contribution in [0.1, 0.15) is 28.8 Å². The van der Waals surface area contributed by atoms with Crippen LogP contribution in [0.15, 0.2) is 42.5 Å². The lowest BCUT2D eigenvalue weighted by molar-refractivity contribution is -0.123. The Morgan fingerprint density at radius 3 is 2.44 bits per heavy atom. The minimum absolute atomic E-state index is 0.0511. The molecule has 0 radical (unpaired) electrons. The zero-order valence-electron chi connectivity index (χ0n) is 14.2. The van der Waals surface area contributed by atoms with E-state index >= 15 is 0 Å². The van der Waals surface area contributed by atoms with Crippen LogP contribution in [0.3, 0.4) is 0 Å². The largest absolute Gasteiger partial charge is 0.369 e. The number of primary amides is 1. The van der Waals surface area contributed by atoms with Gasteiger partial charge in [0.25, 0.3) is 5.91 Å². The molecule has 2 aromatic rings. The van der Waals surface area contributed by atoms with Crippen molar-refractivity contribution in [2.75, 3.05) is 13.1 Å². The molecule has 130 valence electrons. The van der Waals surface area contributed by atoms with E-state index in [1.54, 1.807) is 4.90 Å². The molecule has 1 atom stereocenters. The summed E-state index contributed by atoms with van der Waals surface area (Å²) in [4.78, 5) is 25.8. The zero-order valence-corrected chi connectivity index (χ0v) is 14.9. The average molecular weight is 357 g/mol. The van der Waals surface area contributed by atoms with E-state index in [0.717, 1.165) is 34.6 Å². The minimum atomic E-state index is -0.328. The molecule has 4 nitrogen and oxygen atoms in total. The number of aryl methyl sites for hydroxylation is 1. The summed E-state index contributed by atoms with van der Waals surface area (Å²) < 4.78 is 0. The molecule has 5 heteroatoms. The number of carbonyl (C=O) groups is 2. The maximum Gasteiger partial charge on any atom is 0.253 e. The molecule has 2 N–H and O–H groups in total. The molecule has 2 aromatic carbocycles. The molecule has 25 heavy (non-hydrogen) atoms. The molecule has 1 aliphatic rings. The van der Waals surface area contributed by atoms with Crippen molar-refractivity contribution in [3.05, 3.63) is 58.6 Å². The molecule has 0 aliphatic carbocycles. The molecule has 1 saturated heterocycles. The van der Waals surface area contributed by atoms with Crippen molar-refractivity contribution < 1.29 is 9.59 Å². The van der Waals surface area contributed by atoms with Crippen LogP contribution >= 0.6 is 11.6 Å². The van der Waals surface area contributed by atoms with Crippen molar-refractivity contribution in [2.24, 2.45) is 11.7 Å². The second-order valence-electron chi connectivity index (χ2n) is 6.53. The van der Waals surface area contributed by atoms with E-state index in [4.69, 9.17) is 17.3 Å². The normalized spacial score (nSPS) is 17.4. The predicted octanol–water partition coefficient (Wildman–Crippen LogP) is 3.65. The average Bonchev–Trinajstić information content (AvgIpc) is 2.63. The molecule has 1 fully saturated rings. The van der Waals surface area contributed by atoms with Gasteiger partial charge in [0.2, 0.25) is 5.91 Å². The van der Waals surface area contributed by atoms with Crippen LogP contribution in [0.4, 0.5) is 0 Å². The van der Waals surface area contributed by atoms with Gasteiger partial charge in [-0.2, -0.15) is 0 Å². The topological polar surface area (TPSA) is 63.4 Å². The van der Waals surface area contributed by atoms with Gasteiger partial charge in [0.05, 0.1) is 5.92 Å². The summed E-state index contributed by atoms with van der Waals surface area (Å²) >= 11 is 6.07. The summed E-state index contributed by atoms with van der Waals surface area (Å²) in [6, 6.07) is 13.4. The van der Waals surface area contributed by atoms with Crippen LogP contribution in [0.2, 0.25) is 5.02 Å². The summed E-state index contributed by atoms with van der Waals surface area (Å²) in [5, 5.41) is 0.740. The van der Waals surface area contributed by atoms with Gasteiger partial charge in [-0.05, 0) is 60.7 Å². The second-order valence-corrected chi connectivity index (χ2v) is 6.94. The third-order valence-electron chi connectivity index (χ3n) is 4.73. The molecular formula is C20H21ClN2O2. The Morgan fingerprint density at radius 2 is 1.80 bits per heavy atom. The summed E-state index contributed by atoms with van der Waals surface area (Å²) in [6.45, 7) is 3.04. The Bertz CT molecular complexity index is 802. The van der Waals surface area contributed by atoms with E-state index in [2.05, 4.69) is 0 Å². The van der Waals surface area contributed by atoms with Crippen LogP contribution in [0, 0.1) is 12.8 Å². The monoisotopic (exact) mass is 356 g/mol. The molecule has 1 heterocycles. The lowest BCUT2D eigenvalue weighted by Gasteiger charge is -2.31. The highest BCUT2D eigenvalue weighted by molar-refractivity contribution is 6.31. The second kappa shape index (κ2) is 7.28. The number of nitrogens with two attached hydrogens (primary N) is 1. The first-order valence-electron chi connectivity index (χ1n) is 8.41. The Hall–Kier alpha value is -2.33. The van der Waals surface area contributed by atoms with E-state index in [0.29, 0.717) is 18.7 Å². The Balaban J connectivity index is 1.76. The number of likely N-dealkylation sites (tertiary alicyclic amines) is 1. The maximum atomic E-state index is 12.7. The van der Waals surface area contributed by atoms with E-state index in [9.17, 15) is 9.59 Å². The third kappa shape index (κ3) is 3.85. The first-order valence-corrected chi connectivity index (χ1v) is 8.78. The van der Waals surface area contributed by atoms with E-state index in [1.165, 1.54) is 0 Å². The van der Waals surface area contributed by atoms with Gasteiger partial charge in [-0.25, -0.2) is 0 Å². The number of amides is 2. The van der Waals surface area contributed by atoms with Crippen LogP contribution < -0.4 is 5.73 Å². The van der Waals surface area contributed by atoms with Crippen molar-refractivity contribution in [1.82, 2.24) is 4.90 Å². The highest BCUT2D eigenvalue weighted by Crippen LogP contribution is 2.26. The number of benzene rings is 2. The van der Waals surface area contributed by atoms with Gasteiger partial charge >= 0.3 is 0 Å². The number of hydrogen-bond acceptors (Lipinski definition) is 2. The summed E-state index contributed by atoms with van der Waals surface area (Å²) in [5.41, 5.74) is 9.13. The number of halogens is 1. The fourth-order valence-electron chi connectivity index (χ4n) is 3.21. The van der Waals surface area contributed by atoms with Gasteiger partial charge in [0.1, 0.15) is 0 Å². The smallest absolute Gasteiger partial charge is 0.253 e. The van der Waals surface area contributed by atoms with Gasteiger partial charge in [0.15, 0.2) is 0 Å². The number of piperidine rings is 1. The fourth-order valence-corrected chi connectivity index (χ4v) is 3.32. The first kappa shape index (κ1) is 17.5. The van der Waals surface area contributed by atoms with Crippen molar-refractivity contribution >= 4 is 23.4 Å². The zero-order chi connectivity index (χ0) is 18.0. The van der Waals surface area contributed by atoms with Crippen LogP contribution in [-0.4, -0.2) is 29.8 Å². The predicted molar refractivity (Wildman–Crippen MR) is 99.4 cm³/mol. The molecule has 1 aliphatic heterocycles. The van der Waals surface area contributed by atoms with Crippen molar-refractivity contribution in [1.29, 1.82) is 0 Å². The molecular weight excluding hydrogens is 336 g/mol. The molecule has 0 spiro atoms. The SMILES string of the molecule is Cc1cc(-c2ccc(C(=O)N3CCC[C@H](C(N)=O)C3)cc2)ccc1Cl. The van der Waals surface area contributed by atoms with Gasteiger partial charge < -0.3 is 10.6 Å². The van der Waals surface area contributed by atoms with Gasteiger partial charge in [-0.15, -0.1) is 0 Å². The lowest BCUT2D eigenvalue weighted by atomic mass is 9.96. The van der Waals surface area contributed by atoms with Crippen LogP contribution in [0.5, 0.6) is 0 Å². The first-order chi connectivity index (χ1) is 12.0. The molecule has 0 aromatic heterocycles. The number of rotatable bonds is 3. The highest BCUT2D eigenvalue weighted by atomic mass is 35.5. The Kier molecular flexibility index (Phi) is 5.09. The van der Waals surface area contributed by atoms with Crippen molar-refractivity contribution in [2.45, 2.75) is 19.8 Å². The fraction of sp³-hybridized carbons (Fsp3) is 0.300. The van der Waals surface area contributed by atoms with Crippen molar-refractivity contribution in [3.63, 3.8) is 0 Å². The van der Waals surface area contributed by atoms with E-state index < -0.39 is 0 Å². The van der Waals surface area contributed by atoms with Gasteiger partial charge in [0, 0.05) is 23.7 Å². The van der Waals surface area contributed by atoms with E-state index in [-0.39, 0.29) is 17.7 Å².